The predicted molar refractivity (Wildman–Crippen MR) is 157 cm³/mol. The van der Waals surface area contributed by atoms with Gasteiger partial charge in [-0.1, -0.05) is 12.1 Å². The Hall–Kier alpha value is -4.34. The fourth-order valence-corrected chi connectivity index (χ4v) is 6.06. The van der Waals surface area contributed by atoms with Crippen LogP contribution < -0.4 is 10.6 Å². The summed E-state index contributed by atoms with van der Waals surface area (Å²) < 4.78 is 0. The van der Waals surface area contributed by atoms with Crippen molar-refractivity contribution in [3.05, 3.63) is 71.7 Å². The third-order valence-electron chi connectivity index (χ3n) is 7.41. The Morgan fingerprint density at radius 1 is 1.03 bits per heavy atom. The average Bonchev–Trinajstić information content (AvgIpc) is 3.73. The molecular formula is C30H27N7OS. The van der Waals surface area contributed by atoms with Crippen molar-refractivity contribution in [1.29, 1.82) is 0 Å². The predicted octanol–water partition coefficient (Wildman–Crippen LogP) is 6.22. The molecule has 6 aromatic rings. The van der Waals surface area contributed by atoms with Crippen LogP contribution in [-0.4, -0.2) is 44.1 Å². The van der Waals surface area contributed by atoms with Crippen LogP contribution in [0.3, 0.4) is 0 Å². The number of anilines is 1. The molecule has 0 atom stereocenters. The summed E-state index contributed by atoms with van der Waals surface area (Å²) in [5, 5.41) is 19.5. The van der Waals surface area contributed by atoms with E-state index in [-0.39, 0.29) is 5.91 Å². The first-order valence-electron chi connectivity index (χ1n) is 13.2. The number of hydrogen-bond acceptors (Lipinski definition) is 6. The van der Waals surface area contributed by atoms with Crippen molar-refractivity contribution in [3.8, 4) is 33.8 Å². The standard InChI is InChI=1S/C30H27N7OS/c38-28(12-18-6-9-31-10-7-18)33-21-13-20(15-32-16-21)24-4-5-26-29(35-24)30(37-36-26)27-14-23-22(19-8-11-39-17-19)2-1-3-25(23)34-27/h1-5,8,11,13-18,31,34H,6-7,9-10,12H2,(H,33,38)(H,36,37). The zero-order valence-corrected chi connectivity index (χ0v) is 22.0. The summed E-state index contributed by atoms with van der Waals surface area (Å²) in [6, 6.07) is 16.4. The van der Waals surface area contributed by atoms with Crippen LogP contribution in [-0.2, 0) is 4.79 Å². The minimum absolute atomic E-state index is 0.0296. The number of rotatable bonds is 6. The number of piperidine rings is 1. The molecule has 1 aromatic carbocycles. The molecule has 0 saturated carbocycles. The van der Waals surface area contributed by atoms with Gasteiger partial charge in [-0.2, -0.15) is 16.4 Å². The Balaban J connectivity index is 1.19. The van der Waals surface area contributed by atoms with Crippen molar-refractivity contribution < 1.29 is 4.79 Å². The minimum Gasteiger partial charge on any atom is -0.353 e. The Morgan fingerprint density at radius 3 is 2.82 bits per heavy atom. The molecule has 0 bridgehead atoms. The number of aromatic amines is 2. The Morgan fingerprint density at radius 2 is 1.95 bits per heavy atom. The fourth-order valence-electron chi connectivity index (χ4n) is 5.41. The second-order valence-electron chi connectivity index (χ2n) is 10.0. The molecule has 39 heavy (non-hydrogen) atoms. The molecule has 0 radical (unpaired) electrons. The molecule has 1 amide bonds. The molecule has 0 spiro atoms. The summed E-state index contributed by atoms with van der Waals surface area (Å²) in [5.41, 5.74) is 9.02. The number of hydrogen-bond donors (Lipinski definition) is 4. The van der Waals surface area contributed by atoms with Crippen LogP contribution in [0.25, 0.3) is 55.7 Å². The lowest BCUT2D eigenvalue weighted by Crippen LogP contribution is -2.30. The Labute approximate surface area is 228 Å². The second-order valence-corrected chi connectivity index (χ2v) is 10.8. The van der Waals surface area contributed by atoms with Gasteiger partial charge in [0.2, 0.25) is 5.91 Å². The summed E-state index contributed by atoms with van der Waals surface area (Å²) in [6.07, 6.45) is 6.06. The molecule has 1 fully saturated rings. The maximum Gasteiger partial charge on any atom is 0.224 e. The third-order valence-corrected chi connectivity index (χ3v) is 8.09. The molecule has 6 heterocycles. The minimum atomic E-state index is 0.0296. The molecule has 9 heteroatoms. The number of H-pyrrole nitrogens is 2. The lowest BCUT2D eigenvalue weighted by atomic mass is 9.94. The van der Waals surface area contributed by atoms with Crippen LogP contribution in [0, 0.1) is 5.92 Å². The lowest BCUT2D eigenvalue weighted by molar-refractivity contribution is -0.117. The van der Waals surface area contributed by atoms with Crippen LogP contribution in [0.15, 0.2) is 71.7 Å². The number of fused-ring (bicyclic) bond motifs is 2. The summed E-state index contributed by atoms with van der Waals surface area (Å²) >= 11 is 1.69. The van der Waals surface area contributed by atoms with Crippen molar-refractivity contribution in [2.24, 2.45) is 5.92 Å². The van der Waals surface area contributed by atoms with E-state index in [2.05, 4.69) is 71.9 Å². The number of thiophene rings is 1. The molecule has 1 saturated heterocycles. The highest BCUT2D eigenvalue weighted by molar-refractivity contribution is 7.08. The van der Waals surface area contributed by atoms with Crippen LogP contribution >= 0.6 is 11.3 Å². The first kappa shape index (κ1) is 23.8. The topological polar surface area (TPSA) is 111 Å². The molecule has 0 aliphatic carbocycles. The normalized spacial score (nSPS) is 14.3. The van der Waals surface area contributed by atoms with E-state index in [0.717, 1.165) is 70.5 Å². The van der Waals surface area contributed by atoms with Crippen LogP contribution in [0.2, 0.25) is 0 Å². The zero-order chi connectivity index (χ0) is 26.2. The van der Waals surface area contributed by atoms with E-state index in [0.29, 0.717) is 18.0 Å². The van der Waals surface area contributed by atoms with Gasteiger partial charge in [0.15, 0.2) is 0 Å². The van der Waals surface area contributed by atoms with Gasteiger partial charge in [-0.05, 0) is 90.1 Å². The smallest absolute Gasteiger partial charge is 0.224 e. The number of carbonyl (C=O) groups is 1. The van der Waals surface area contributed by atoms with Gasteiger partial charge in [0.05, 0.1) is 28.8 Å². The van der Waals surface area contributed by atoms with Crippen LogP contribution in [0.1, 0.15) is 19.3 Å². The fraction of sp³-hybridized carbons (Fsp3) is 0.200. The SMILES string of the molecule is O=C(CC1CCNCC1)Nc1cncc(-c2ccc3[nH]nc(-c4cc5c(-c6ccsc6)cccc5[nH]4)c3n2)c1. The first-order chi connectivity index (χ1) is 19.2. The molecule has 8 nitrogen and oxygen atoms in total. The summed E-state index contributed by atoms with van der Waals surface area (Å²) in [5.74, 6) is 0.457. The molecule has 5 aromatic heterocycles. The highest BCUT2D eigenvalue weighted by Gasteiger charge is 2.18. The number of carbonyl (C=O) groups excluding carboxylic acids is 1. The van der Waals surface area contributed by atoms with Gasteiger partial charge in [-0.15, -0.1) is 0 Å². The average molecular weight is 534 g/mol. The number of aromatic nitrogens is 5. The van der Waals surface area contributed by atoms with Gasteiger partial charge in [0.25, 0.3) is 0 Å². The van der Waals surface area contributed by atoms with E-state index in [1.165, 1.54) is 11.1 Å². The number of amides is 1. The van der Waals surface area contributed by atoms with Crippen molar-refractivity contribution in [2.75, 3.05) is 18.4 Å². The van der Waals surface area contributed by atoms with Crippen molar-refractivity contribution >= 4 is 44.9 Å². The Kier molecular flexibility index (Phi) is 6.14. The molecule has 1 aliphatic heterocycles. The van der Waals surface area contributed by atoms with Gasteiger partial charge >= 0.3 is 0 Å². The largest absolute Gasteiger partial charge is 0.353 e. The molecular weight excluding hydrogens is 506 g/mol. The monoisotopic (exact) mass is 533 g/mol. The first-order valence-corrected chi connectivity index (χ1v) is 14.1. The van der Waals surface area contributed by atoms with E-state index in [1.807, 2.05) is 18.2 Å². The quantitative estimate of drug-likeness (QED) is 0.203. The Bertz CT molecular complexity index is 1780. The maximum atomic E-state index is 12.7. The van der Waals surface area contributed by atoms with Crippen molar-refractivity contribution in [1.82, 2.24) is 30.5 Å². The summed E-state index contributed by atoms with van der Waals surface area (Å²) in [4.78, 5) is 25.5. The van der Waals surface area contributed by atoms with E-state index in [9.17, 15) is 4.79 Å². The third kappa shape index (κ3) is 4.71. The van der Waals surface area contributed by atoms with Crippen molar-refractivity contribution in [3.63, 3.8) is 0 Å². The molecule has 194 valence electrons. The van der Waals surface area contributed by atoms with E-state index >= 15 is 0 Å². The van der Waals surface area contributed by atoms with E-state index < -0.39 is 0 Å². The number of benzene rings is 1. The molecule has 4 N–H and O–H groups in total. The highest BCUT2D eigenvalue weighted by Crippen LogP contribution is 2.35. The van der Waals surface area contributed by atoms with Gasteiger partial charge in [0.1, 0.15) is 11.2 Å². The van der Waals surface area contributed by atoms with E-state index in [1.54, 1.807) is 23.7 Å². The number of nitrogens with one attached hydrogen (secondary N) is 4. The number of pyridine rings is 2. The summed E-state index contributed by atoms with van der Waals surface area (Å²) in [7, 11) is 0. The van der Waals surface area contributed by atoms with Crippen molar-refractivity contribution in [2.45, 2.75) is 19.3 Å². The molecule has 1 aliphatic rings. The van der Waals surface area contributed by atoms with Gasteiger partial charge < -0.3 is 15.6 Å². The zero-order valence-electron chi connectivity index (χ0n) is 21.2. The van der Waals surface area contributed by atoms with E-state index in [4.69, 9.17) is 4.98 Å². The van der Waals surface area contributed by atoms with Gasteiger partial charge in [-0.25, -0.2) is 4.98 Å². The maximum absolute atomic E-state index is 12.7. The molecule has 0 unspecified atom stereocenters. The van der Waals surface area contributed by atoms with Crippen LogP contribution in [0.4, 0.5) is 5.69 Å². The number of nitrogens with zero attached hydrogens (tertiary/aromatic N) is 3. The highest BCUT2D eigenvalue weighted by atomic mass is 32.1. The second kappa shape index (κ2) is 10.1. The summed E-state index contributed by atoms with van der Waals surface area (Å²) in [6.45, 7) is 1.96. The lowest BCUT2D eigenvalue weighted by Gasteiger charge is -2.21. The van der Waals surface area contributed by atoms with Crippen LogP contribution in [0.5, 0.6) is 0 Å². The van der Waals surface area contributed by atoms with Gasteiger partial charge in [0, 0.05) is 29.1 Å². The molecule has 7 rings (SSSR count). The van der Waals surface area contributed by atoms with Gasteiger partial charge in [-0.3, -0.25) is 14.9 Å².